The second-order valence-corrected chi connectivity index (χ2v) is 5.59. The van der Waals surface area contributed by atoms with E-state index in [1.54, 1.807) is 4.90 Å². The SMILES string of the molecule is O=C(Cc1cccc(F)c1F)N1CCCC(CCCl)C1. The van der Waals surface area contributed by atoms with Crippen LogP contribution in [0.5, 0.6) is 0 Å². The Morgan fingerprint density at radius 1 is 1.40 bits per heavy atom. The minimum absolute atomic E-state index is 0.0861. The second kappa shape index (κ2) is 7.02. The van der Waals surface area contributed by atoms with E-state index in [0.717, 1.165) is 25.3 Å². The fraction of sp³-hybridized carbons (Fsp3) is 0.533. The summed E-state index contributed by atoms with van der Waals surface area (Å²) in [4.78, 5) is 13.9. The fourth-order valence-electron chi connectivity index (χ4n) is 2.64. The average Bonchev–Trinajstić information content (AvgIpc) is 2.44. The summed E-state index contributed by atoms with van der Waals surface area (Å²) >= 11 is 5.74. The lowest BCUT2D eigenvalue weighted by Gasteiger charge is -2.32. The molecule has 20 heavy (non-hydrogen) atoms. The molecule has 5 heteroatoms. The maximum atomic E-state index is 13.6. The van der Waals surface area contributed by atoms with Crippen LogP contribution in [0.15, 0.2) is 18.2 Å². The molecular weight excluding hydrogens is 284 g/mol. The minimum atomic E-state index is -0.921. The number of piperidine rings is 1. The molecule has 1 unspecified atom stereocenters. The van der Waals surface area contributed by atoms with Crippen LogP contribution in [0, 0.1) is 17.6 Å². The van der Waals surface area contributed by atoms with Crippen molar-refractivity contribution in [2.75, 3.05) is 19.0 Å². The first-order valence-corrected chi connectivity index (χ1v) is 7.42. The number of hydrogen-bond donors (Lipinski definition) is 0. The number of alkyl halides is 1. The highest BCUT2D eigenvalue weighted by atomic mass is 35.5. The fourth-order valence-corrected chi connectivity index (χ4v) is 2.95. The molecule has 1 saturated heterocycles. The number of rotatable bonds is 4. The molecule has 1 aliphatic heterocycles. The van der Waals surface area contributed by atoms with Crippen molar-refractivity contribution in [1.82, 2.24) is 4.90 Å². The molecule has 0 bridgehead atoms. The maximum Gasteiger partial charge on any atom is 0.227 e. The molecule has 1 heterocycles. The van der Waals surface area contributed by atoms with E-state index >= 15 is 0 Å². The highest BCUT2D eigenvalue weighted by Gasteiger charge is 2.24. The average molecular weight is 302 g/mol. The first kappa shape index (κ1) is 15.2. The summed E-state index contributed by atoms with van der Waals surface area (Å²) in [5.41, 5.74) is 0.120. The predicted molar refractivity (Wildman–Crippen MR) is 74.7 cm³/mol. The number of carbonyl (C=O) groups is 1. The van der Waals surface area contributed by atoms with E-state index in [1.165, 1.54) is 12.1 Å². The summed E-state index contributed by atoms with van der Waals surface area (Å²) < 4.78 is 26.7. The van der Waals surface area contributed by atoms with Crippen molar-refractivity contribution in [2.24, 2.45) is 5.92 Å². The van der Waals surface area contributed by atoms with Gasteiger partial charge in [0, 0.05) is 24.5 Å². The molecule has 2 rings (SSSR count). The van der Waals surface area contributed by atoms with E-state index in [0.29, 0.717) is 24.9 Å². The molecule has 0 aliphatic carbocycles. The van der Waals surface area contributed by atoms with Gasteiger partial charge in [0.2, 0.25) is 5.91 Å². The van der Waals surface area contributed by atoms with Gasteiger partial charge in [0.25, 0.3) is 0 Å². The van der Waals surface area contributed by atoms with Crippen molar-refractivity contribution in [3.05, 3.63) is 35.4 Å². The van der Waals surface area contributed by atoms with Crippen molar-refractivity contribution >= 4 is 17.5 Å². The first-order valence-electron chi connectivity index (χ1n) is 6.88. The lowest BCUT2D eigenvalue weighted by Crippen LogP contribution is -2.41. The van der Waals surface area contributed by atoms with Crippen LogP contribution in [0.25, 0.3) is 0 Å². The molecule has 0 radical (unpaired) electrons. The molecular formula is C15H18ClF2NO. The van der Waals surface area contributed by atoms with Gasteiger partial charge in [-0.3, -0.25) is 4.79 Å². The number of benzene rings is 1. The van der Waals surface area contributed by atoms with Crippen LogP contribution in [0.1, 0.15) is 24.8 Å². The Labute approximate surface area is 122 Å². The normalized spacial score (nSPS) is 19.1. The van der Waals surface area contributed by atoms with Crippen molar-refractivity contribution in [2.45, 2.75) is 25.7 Å². The summed E-state index contributed by atoms with van der Waals surface area (Å²) in [5.74, 6) is -0.967. The summed E-state index contributed by atoms with van der Waals surface area (Å²) in [6.45, 7) is 1.36. The topological polar surface area (TPSA) is 20.3 Å². The van der Waals surface area contributed by atoms with Crippen molar-refractivity contribution in [1.29, 1.82) is 0 Å². The van der Waals surface area contributed by atoms with Crippen molar-refractivity contribution < 1.29 is 13.6 Å². The van der Waals surface area contributed by atoms with Gasteiger partial charge in [-0.2, -0.15) is 0 Å². The second-order valence-electron chi connectivity index (χ2n) is 5.22. The Kier molecular flexibility index (Phi) is 5.35. The molecule has 110 valence electrons. The molecule has 0 N–H and O–H groups in total. The zero-order valence-corrected chi connectivity index (χ0v) is 12.0. The molecule has 1 fully saturated rings. The van der Waals surface area contributed by atoms with Crippen LogP contribution >= 0.6 is 11.6 Å². The van der Waals surface area contributed by atoms with Crippen LogP contribution in [-0.4, -0.2) is 29.8 Å². The summed E-state index contributed by atoms with van der Waals surface area (Å²) in [6.07, 6.45) is 2.82. The Morgan fingerprint density at radius 2 is 2.20 bits per heavy atom. The zero-order valence-electron chi connectivity index (χ0n) is 11.2. The predicted octanol–water partition coefficient (Wildman–Crippen LogP) is 3.37. The molecule has 1 amide bonds. The van der Waals surface area contributed by atoms with Gasteiger partial charge in [-0.1, -0.05) is 12.1 Å². The Bertz CT molecular complexity index is 479. The first-order chi connectivity index (χ1) is 9.61. The lowest BCUT2D eigenvalue weighted by molar-refractivity contribution is -0.132. The summed E-state index contributed by atoms with van der Waals surface area (Å²) in [5, 5.41) is 0. The zero-order chi connectivity index (χ0) is 14.5. The van der Waals surface area contributed by atoms with E-state index in [1.807, 2.05) is 0 Å². The highest BCUT2D eigenvalue weighted by Crippen LogP contribution is 2.21. The van der Waals surface area contributed by atoms with E-state index in [9.17, 15) is 13.6 Å². The highest BCUT2D eigenvalue weighted by molar-refractivity contribution is 6.17. The molecule has 1 aromatic rings. The van der Waals surface area contributed by atoms with Gasteiger partial charge >= 0.3 is 0 Å². The van der Waals surface area contributed by atoms with Crippen LogP contribution < -0.4 is 0 Å². The Balaban J connectivity index is 1.99. The third-order valence-corrected chi connectivity index (χ3v) is 3.98. The van der Waals surface area contributed by atoms with Gasteiger partial charge in [-0.05, 0) is 31.2 Å². The smallest absolute Gasteiger partial charge is 0.227 e. The summed E-state index contributed by atoms with van der Waals surface area (Å²) in [6, 6.07) is 3.94. The number of amides is 1. The molecule has 1 aromatic carbocycles. The van der Waals surface area contributed by atoms with Gasteiger partial charge < -0.3 is 4.90 Å². The number of hydrogen-bond acceptors (Lipinski definition) is 1. The maximum absolute atomic E-state index is 13.6. The molecule has 0 spiro atoms. The van der Waals surface area contributed by atoms with Crippen LogP contribution in [0.4, 0.5) is 8.78 Å². The van der Waals surface area contributed by atoms with Crippen LogP contribution in [0.3, 0.4) is 0 Å². The number of halogens is 3. The van der Waals surface area contributed by atoms with Crippen LogP contribution in [0.2, 0.25) is 0 Å². The quantitative estimate of drug-likeness (QED) is 0.781. The lowest BCUT2D eigenvalue weighted by atomic mass is 9.95. The monoisotopic (exact) mass is 301 g/mol. The van der Waals surface area contributed by atoms with Gasteiger partial charge in [0.05, 0.1) is 6.42 Å². The van der Waals surface area contributed by atoms with Crippen molar-refractivity contribution in [3.63, 3.8) is 0 Å². The molecule has 2 nitrogen and oxygen atoms in total. The van der Waals surface area contributed by atoms with Crippen LogP contribution in [-0.2, 0) is 11.2 Å². The van der Waals surface area contributed by atoms with E-state index < -0.39 is 11.6 Å². The Hall–Kier alpha value is -1.16. The minimum Gasteiger partial charge on any atom is -0.342 e. The van der Waals surface area contributed by atoms with E-state index in [-0.39, 0.29) is 17.9 Å². The summed E-state index contributed by atoms with van der Waals surface area (Å²) in [7, 11) is 0. The largest absolute Gasteiger partial charge is 0.342 e. The van der Waals surface area contributed by atoms with Gasteiger partial charge in [0.15, 0.2) is 11.6 Å². The number of nitrogens with zero attached hydrogens (tertiary/aromatic N) is 1. The molecule has 0 saturated carbocycles. The third kappa shape index (κ3) is 3.69. The Morgan fingerprint density at radius 3 is 2.95 bits per heavy atom. The van der Waals surface area contributed by atoms with E-state index in [2.05, 4.69) is 0 Å². The number of likely N-dealkylation sites (tertiary alicyclic amines) is 1. The van der Waals surface area contributed by atoms with Crippen molar-refractivity contribution in [3.8, 4) is 0 Å². The van der Waals surface area contributed by atoms with Gasteiger partial charge in [-0.25, -0.2) is 8.78 Å². The number of carbonyl (C=O) groups excluding carboxylic acids is 1. The standard InChI is InChI=1S/C15H18ClF2NO/c16-7-6-11-3-2-8-19(10-11)14(20)9-12-4-1-5-13(17)15(12)18/h1,4-5,11H,2-3,6-10H2. The molecule has 1 atom stereocenters. The third-order valence-electron chi connectivity index (χ3n) is 3.76. The molecule has 1 aliphatic rings. The van der Waals surface area contributed by atoms with Gasteiger partial charge in [-0.15, -0.1) is 11.6 Å². The van der Waals surface area contributed by atoms with Gasteiger partial charge in [0.1, 0.15) is 0 Å². The molecule has 0 aromatic heterocycles. The van der Waals surface area contributed by atoms with E-state index in [4.69, 9.17) is 11.6 Å².